The summed E-state index contributed by atoms with van der Waals surface area (Å²) < 4.78 is 14.3. The Bertz CT molecular complexity index is 444. The molecule has 0 saturated carbocycles. The molecule has 0 bridgehead atoms. The van der Waals surface area contributed by atoms with Crippen molar-refractivity contribution >= 4 is 33.2 Å². The summed E-state index contributed by atoms with van der Waals surface area (Å²) in [7, 11) is 0. The number of aliphatic hydroxyl groups excluding tert-OH is 1. The van der Waals surface area contributed by atoms with Crippen LogP contribution < -0.4 is 10.6 Å². The summed E-state index contributed by atoms with van der Waals surface area (Å²) in [5.74, 6) is -0.897. The number of amides is 1. The Morgan fingerprint density at radius 2 is 2.29 bits per heavy atom. The predicted molar refractivity (Wildman–Crippen MR) is 66.1 cm³/mol. The first kappa shape index (κ1) is 12.3. The SMILES string of the molecule is Nc1cc(Br)cc(F)c1N1CC(CO)CC1=O. The molecular weight excluding hydrogens is 291 g/mol. The molecule has 1 saturated heterocycles. The van der Waals surface area contributed by atoms with Crippen LogP contribution in [-0.2, 0) is 4.79 Å². The average Bonchev–Trinajstić information content (AvgIpc) is 2.59. The smallest absolute Gasteiger partial charge is 0.227 e. The van der Waals surface area contributed by atoms with Crippen LogP contribution in [0.4, 0.5) is 15.8 Å². The molecule has 0 radical (unpaired) electrons. The summed E-state index contributed by atoms with van der Waals surface area (Å²) >= 11 is 3.13. The van der Waals surface area contributed by atoms with Crippen molar-refractivity contribution in [3.63, 3.8) is 0 Å². The zero-order valence-electron chi connectivity index (χ0n) is 8.99. The molecule has 1 aromatic carbocycles. The number of rotatable bonds is 2. The Morgan fingerprint density at radius 1 is 1.59 bits per heavy atom. The van der Waals surface area contributed by atoms with Gasteiger partial charge in [0.1, 0.15) is 11.5 Å². The second-order valence-corrected chi connectivity index (χ2v) is 5.00. The fourth-order valence-corrected chi connectivity index (χ4v) is 2.44. The quantitative estimate of drug-likeness (QED) is 0.814. The van der Waals surface area contributed by atoms with Gasteiger partial charge in [-0.2, -0.15) is 0 Å². The molecule has 17 heavy (non-hydrogen) atoms. The molecule has 1 atom stereocenters. The molecule has 1 heterocycles. The van der Waals surface area contributed by atoms with Crippen LogP contribution in [-0.4, -0.2) is 24.2 Å². The summed E-state index contributed by atoms with van der Waals surface area (Å²) in [4.78, 5) is 13.0. The number of anilines is 2. The highest BCUT2D eigenvalue weighted by Crippen LogP contribution is 2.34. The van der Waals surface area contributed by atoms with Crippen molar-refractivity contribution in [1.29, 1.82) is 0 Å². The molecular formula is C11H12BrFN2O2. The first-order valence-corrected chi connectivity index (χ1v) is 5.98. The van der Waals surface area contributed by atoms with Gasteiger partial charge in [0, 0.05) is 30.0 Å². The number of hydrogen-bond donors (Lipinski definition) is 2. The lowest BCUT2D eigenvalue weighted by molar-refractivity contribution is -0.117. The molecule has 1 amide bonds. The Balaban J connectivity index is 2.38. The van der Waals surface area contributed by atoms with Gasteiger partial charge in [0.15, 0.2) is 0 Å². The maximum absolute atomic E-state index is 13.8. The van der Waals surface area contributed by atoms with Gasteiger partial charge in [0.05, 0.1) is 5.69 Å². The van der Waals surface area contributed by atoms with E-state index in [0.717, 1.165) is 0 Å². The zero-order valence-corrected chi connectivity index (χ0v) is 10.6. The van der Waals surface area contributed by atoms with E-state index in [2.05, 4.69) is 15.9 Å². The Hall–Kier alpha value is -1.14. The van der Waals surface area contributed by atoms with Crippen LogP contribution >= 0.6 is 15.9 Å². The maximum atomic E-state index is 13.8. The molecule has 1 fully saturated rings. The minimum Gasteiger partial charge on any atom is -0.397 e. The summed E-state index contributed by atoms with van der Waals surface area (Å²) in [6.07, 6.45) is 0.228. The van der Waals surface area contributed by atoms with Crippen molar-refractivity contribution in [2.45, 2.75) is 6.42 Å². The van der Waals surface area contributed by atoms with E-state index in [9.17, 15) is 9.18 Å². The largest absolute Gasteiger partial charge is 0.397 e. The van der Waals surface area contributed by atoms with E-state index in [4.69, 9.17) is 10.8 Å². The first-order chi connectivity index (χ1) is 8.02. The number of halogens is 2. The van der Waals surface area contributed by atoms with Crippen molar-refractivity contribution in [1.82, 2.24) is 0 Å². The number of carbonyl (C=O) groups is 1. The van der Waals surface area contributed by atoms with E-state index >= 15 is 0 Å². The molecule has 1 aliphatic rings. The summed E-state index contributed by atoms with van der Waals surface area (Å²) in [5.41, 5.74) is 6.04. The molecule has 3 N–H and O–H groups in total. The van der Waals surface area contributed by atoms with Crippen molar-refractivity contribution in [3.05, 3.63) is 22.4 Å². The molecule has 1 unspecified atom stereocenters. The Labute approximate surface area is 106 Å². The van der Waals surface area contributed by atoms with Crippen LogP contribution in [0.3, 0.4) is 0 Å². The highest BCUT2D eigenvalue weighted by Gasteiger charge is 2.32. The zero-order chi connectivity index (χ0) is 12.6. The van der Waals surface area contributed by atoms with Crippen molar-refractivity contribution in [3.8, 4) is 0 Å². The van der Waals surface area contributed by atoms with Crippen LogP contribution in [0.25, 0.3) is 0 Å². The molecule has 0 aromatic heterocycles. The van der Waals surface area contributed by atoms with Gasteiger partial charge in [0.2, 0.25) is 5.91 Å². The third-order valence-electron chi connectivity index (χ3n) is 2.79. The summed E-state index contributed by atoms with van der Waals surface area (Å²) in [5, 5.41) is 9.02. The topological polar surface area (TPSA) is 66.6 Å². The van der Waals surface area contributed by atoms with Crippen molar-refractivity contribution in [2.24, 2.45) is 5.92 Å². The highest BCUT2D eigenvalue weighted by atomic mass is 79.9. The van der Waals surface area contributed by atoms with Gasteiger partial charge in [-0.05, 0) is 12.1 Å². The van der Waals surface area contributed by atoms with Crippen LogP contribution in [0, 0.1) is 11.7 Å². The van der Waals surface area contributed by atoms with E-state index in [0.29, 0.717) is 11.0 Å². The fourth-order valence-electron chi connectivity index (χ4n) is 1.99. The van der Waals surface area contributed by atoms with Gasteiger partial charge in [-0.1, -0.05) is 15.9 Å². The van der Waals surface area contributed by atoms with Crippen molar-refractivity contribution < 1.29 is 14.3 Å². The van der Waals surface area contributed by atoms with Gasteiger partial charge < -0.3 is 15.7 Å². The monoisotopic (exact) mass is 302 g/mol. The molecule has 2 rings (SSSR count). The molecule has 1 aromatic rings. The third kappa shape index (κ3) is 2.28. The standard InChI is InChI=1S/C11H12BrFN2O2/c12-7-2-8(13)11(9(14)3-7)15-4-6(5-16)1-10(15)17/h2-3,6,16H,1,4-5,14H2. The first-order valence-electron chi connectivity index (χ1n) is 5.18. The fraction of sp³-hybridized carbons (Fsp3) is 0.364. The number of nitrogens with two attached hydrogens (primary N) is 1. The van der Waals surface area contributed by atoms with Gasteiger partial charge in [-0.3, -0.25) is 4.79 Å². The second-order valence-electron chi connectivity index (χ2n) is 4.08. The number of hydrogen-bond acceptors (Lipinski definition) is 3. The second kappa shape index (κ2) is 4.62. The number of carbonyl (C=O) groups excluding carboxylic acids is 1. The van der Waals surface area contributed by atoms with Crippen molar-refractivity contribution in [2.75, 3.05) is 23.8 Å². The number of nitrogen functional groups attached to an aromatic ring is 1. The summed E-state index contributed by atoms with van der Waals surface area (Å²) in [6.45, 7) is 0.221. The van der Waals surface area contributed by atoms with Crippen LogP contribution in [0.1, 0.15) is 6.42 Å². The van der Waals surface area contributed by atoms with Crippen LogP contribution in [0.15, 0.2) is 16.6 Å². The van der Waals surface area contributed by atoms with Crippen LogP contribution in [0.5, 0.6) is 0 Å². The van der Waals surface area contributed by atoms with Gasteiger partial charge in [-0.15, -0.1) is 0 Å². The van der Waals surface area contributed by atoms with E-state index in [-0.39, 0.29) is 36.2 Å². The third-order valence-corrected chi connectivity index (χ3v) is 3.25. The minimum absolute atomic E-state index is 0.0830. The molecule has 4 nitrogen and oxygen atoms in total. The maximum Gasteiger partial charge on any atom is 0.227 e. The molecule has 0 aliphatic carbocycles. The lowest BCUT2D eigenvalue weighted by Gasteiger charge is -2.19. The Kier molecular flexibility index (Phi) is 3.35. The minimum atomic E-state index is -0.538. The van der Waals surface area contributed by atoms with Gasteiger partial charge in [-0.25, -0.2) is 4.39 Å². The lowest BCUT2D eigenvalue weighted by atomic mass is 10.1. The number of nitrogens with zero attached hydrogens (tertiary/aromatic N) is 1. The molecule has 1 aliphatic heterocycles. The Morgan fingerprint density at radius 3 is 2.82 bits per heavy atom. The van der Waals surface area contributed by atoms with Crippen LogP contribution in [0.2, 0.25) is 0 Å². The predicted octanol–water partition coefficient (Wildman–Crippen LogP) is 1.52. The number of benzene rings is 1. The normalized spacial score (nSPS) is 20.1. The average molecular weight is 303 g/mol. The van der Waals surface area contributed by atoms with Gasteiger partial charge in [0.25, 0.3) is 0 Å². The van der Waals surface area contributed by atoms with E-state index < -0.39 is 5.82 Å². The molecule has 0 spiro atoms. The van der Waals surface area contributed by atoms with E-state index in [1.165, 1.54) is 11.0 Å². The number of aliphatic hydroxyl groups is 1. The lowest BCUT2D eigenvalue weighted by Crippen LogP contribution is -2.27. The highest BCUT2D eigenvalue weighted by molar-refractivity contribution is 9.10. The van der Waals surface area contributed by atoms with E-state index in [1.54, 1.807) is 6.07 Å². The molecule has 6 heteroatoms. The van der Waals surface area contributed by atoms with E-state index in [1.807, 2.05) is 0 Å². The molecule has 92 valence electrons. The summed E-state index contributed by atoms with van der Waals surface area (Å²) in [6, 6.07) is 2.82. The van der Waals surface area contributed by atoms with Gasteiger partial charge >= 0.3 is 0 Å².